The number of halogens is 1. The van der Waals surface area contributed by atoms with Gasteiger partial charge >= 0.3 is 0 Å². The predicted octanol–water partition coefficient (Wildman–Crippen LogP) is 3.83. The van der Waals surface area contributed by atoms with Gasteiger partial charge in [0.2, 0.25) is 0 Å². The van der Waals surface area contributed by atoms with Crippen molar-refractivity contribution in [2.24, 2.45) is 0 Å². The van der Waals surface area contributed by atoms with Crippen molar-refractivity contribution in [1.82, 2.24) is 4.98 Å². The largest absolute Gasteiger partial charge is 0.387 e. The summed E-state index contributed by atoms with van der Waals surface area (Å²) >= 11 is 6.15. The van der Waals surface area contributed by atoms with Crippen LogP contribution in [0.15, 0.2) is 36.7 Å². The second-order valence-corrected chi connectivity index (χ2v) is 4.18. The summed E-state index contributed by atoms with van der Waals surface area (Å²) in [6.07, 6.45) is 3.54. The lowest BCUT2D eigenvalue weighted by Gasteiger charge is -2.11. The molecule has 1 aromatic heterocycles. The van der Waals surface area contributed by atoms with E-state index in [4.69, 9.17) is 11.6 Å². The van der Waals surface area contributed by atoms with Crippen LogP contribution < -0.4 is 10.6 Å². The Kier molecular flexibility index (Phi) is 3.49. The van der Waals surface area contributed by atoms with Crippen LogP contribution in [0.5, 0.6) is 0 Å². The molecule has 0 saturated carbocycles. The quantitative estimate of drug-likeness (QED) is 0.866. The van der Waals surface area contributed by atoms with Gasteiger partial charge in [0.05, 0.1) is 34.5 Å². The normalized spacial score (nSPS) is 10.1. The Hall–Kier alpha value is -1.74. The van der Waals surface area contributed by atoms with E-state index >= 15 is 0 Å². The van der Waals surface area contributed by atoms with E-state index in [9.17, 15) is 0 Å². The number of para-hydroxylation sites is 1. The number of hydrogen-bond donors (Lipinski definition) is 2. The second kappa shape index (κ2) is 5.06. The van der Waals surface area contributed by atoms with Gasteiger partial charge in [0, 0.05) is 7.05 Å². The minimum atomic E-state index is 0.708. The highest BCUT2D eigenvalue weighted by Gasteiger charge is 2.04. The molecule has 0 amide bonds. The molecule has 2 aromatic rings. The van der Waals surface area contributed by atoms with Crippen LogP contribution in [0.4, 0.5) is 17.1 Å². The molecule has 2 rings (SSSR count). The first-order chi connectivity index (χ1) is 8.20. The molecule has 0 unspecified atom stereocenters. The summed E-state index contributed by atoms with van der Waals surface area (Å²) in [5.41, 5.74) is 3.89. The van der Waals surface area contributed by atoms with E-state index in [1.54, 1.807) is 12.4 Å². The summed E-state index contributed by atoms with van der Waals surface area (Å²) in [4.78, 5) is 4.14. The standard InChI is InChI=1S/C13H14ClN3/c1-9-4-3-5-12(14)13(9)17-11-6-10(15-2)7-16-8-11/h3-8,15,17H,1-2H3. The average molecular weight is 248 g/mol. The fraction of sp³-hybridized carbons (Fsp3) is 0.154. The summed E-state index contributed by atoms with van der Waals surface area (Å²) in [6.45, 7) is 2.02. The number of aryl methyl sites for hydroxylation is 1. The molecule has 0 fully saturated rings. The van der Waals surface area contributed by atoms with Gasteiger partial charge in [0.15, 0.2) is 0 Å². The molecule has 3 nitrogen and oxygen atoms in total. The Morgan fingerprint density at radius 3 is 2.65 bits per heavy atom. The molecule has 2 N–H and O–H groups in total. The summed E-state index contributed by atoms with van der Waals surface area (Å²) in [7, 11) is 1.86. The Labute approximate surface area is 106 Å². The monoisotopic (exact) mass is 247 g/mol. The molecule has 1 aromatic carbocycles. The molecule has 0 spiro atoms. The summed E-state index contributed by atoms with van der Waals surface area (Å²) in [5.74, 6) is 0. The highest BCUT2D eigenvalue weighted by Crippen LogP contribution is 2.28. The van der Waals surface area contributed by atoms with Crippen molar-refractivity contribution in [3.63, 3.8) is 0 Å². The van der Waals surface area contributed by atoms with Crippen LogP contribution in [-0.4, -0.2) is 12.0 Å². The van der Waals surface area contributed by atoms with E-state index in [0.717, 1.165) is 22.6 Å². The number of rotatable bonds is 3. The molecular formula is C13H14ClN3. The van der Waals surface area contributed by atoms with Crippen LogP contribution in [0.1, 0.15) is 5.56 Å². The highest BCUT2D eigenvalue weighted by molar-refractivity contribution is 6.33. The topological polar surface area (TPSA) is 37.0 Å². The highest BCUT2D eigenvalue weighted by atomic mass is 35.5. The van der Waals surface area contributed by atoms with Gasteiger partial charge in [-0.05, 0) is 24.6 Å². The van der Waals surface area contributed by atoms with Crippen LogP contribution in [-0.2, 0) is 0 Å². The average Bonchev–Trinajstić information content (AvgIpc) is 2.34. The third-order valence-electron chi connectivity index (χ3n) is 2.52. The van der Waals surface area contributed by atoms with Gasteiger partial charge in [-0.25, -0.2) is 0 Å². The Bertz CT molecular complexity index is 506. The molecule has 0 aliphatic heterocycles. The van der Waals surface area contributed by atoms with Gasteiger partial charge in [0.1, 0.15) is 0 Å². The van der Waals surface area contributed by atoms with E-state index < -0.39 is 0 Å². The van der Waals surface area contributed by atoms with E-state index in [0.29, 0.717) is 5.02 Å². The number of nitrogens with zero attached hydrogens (tertiary/aromatic N) is 1. The van der Waals surface area contributed by atoms with Crippen LogP contribution in [0.3, 0.4) is 0 Å². The number of pyridine rings is 1. The Morgan fingerprint density at radius 2 is 1.94 bits per heavy atom. The Balaban J connectivity index is 2.31. The third-order valence-corrected chi connectivity index (χ3v) is 2.83. The zero-order valence-corrected chi connectivity index (χ0v) is 10.5. The lowest BCUT2D eigenvalue weighted by molar-refractivity contribution is 1.30. The molecule has 4 heteroatoms. The summed E-state index contributed by atoms with van der Waals surface area (Å²) in [5, 5.41) is 7.04. The van der Waals surface area contributed by atoms with Crippen molar-refractivity contribution >= 4 is 28.7 Å². The van der Waals surface area contributed by atoms with Crippen molar-refractivity contribution < 1.29 is 0 Å². The lowest BCUT2D eigenvalue weighted by atomic mass is 10.2. The van der Waals surface area contributed by atoms with E-state index in [2.05, 4.69) is 15.6 Å². The molecule has 1 heterocycles. The maximum absolute atomic E-state index is 6.15. The molecule has 0 atom stereocenters. The number of hydrogen-bond acceptors (Lipinski definition) is 3. The van der Waals surface area contributed by atoms with Crippen molar-refractivity contribution in [3.8, 4) is 0 Å². The zero-order chi connectivity index (χ0) is 12.3. The zero-order valence-electron chi connectivity index (χ0n) is 9.79. The molecule has 0 bridgehead atoms. The van der Waals surface area contributed by atoms with Crippen molar-refractivity contribution in [2.75, 3.05) is 17.7 Å². The molecule has 0 aliphatic carbocycles. The van der Waals surface area contributed by atoms with Crippen LogP contribution >= 0.6 is 11.6 Å². The van der Waals surface area contributed by atoms with Crippen molar-refractivity contribution in [3.05, 3.63) is 47.2 Å². The van der Waals surface area contributed by atoms with E-state index in [1.165, 1.54) is 0 Å². The van der Waals surface area contributed by atoms with Gasteiger partial charge in [0.25, 0.3) is 0 Å². The Morgan fingerprint density at radius 1 is 1.18 bits per heavy atom. The van der Waals surface area contributed by atoms with E-state index in [-0.39, 0.29) is 0 Å². The number of benzene rings is 1. The van der Waals surface area contributed by atoms with Gasteiger partial charge in [-0.1, -0.05) is 23.7 Å². The predicted molar refractivity (Wildman–Crippen MR) is 73.3 cm³/mol. The maximum Gasteiger partial charge on any atom is 0.0643 e. The molecule has 88 valence electrons. The third kappa shape index (κ3) is 2.68. The molecule has 0 radical (unpaired) electrons. The first-order valence-electron chi connectivity index (χ1n) is 5.35. The minimum absolute atomic E-state index is 0.708. The van der Waals surface area contributed by atoms with Gasteiger partial charge in [-0.2, -0.15) is 0 Å². The number of aromatic nitrogens is 1. The smallest absolute Gasteiger partial charge is 0.0643 e. The van der Waals surface area contributed by atoms with Crippen molar-refractivity contribution in [1.29, 1.82) is 0 Å². The van der Waals surface area contributed by atoms with Crippen LogP contribution in [0.25, 0.3) is 0 Å². The number of nitrogens with one attached hydrogen (secondary N) is 2. The lowest BCUT2D eigenvalue weighted by Crippen LogP contribution is -1.96. The molecule has 0 saturated heterocycles. The fourth-order valence-corrected chi connectivity index (χ4v) is 1.85. The maximum atomic E-state index is 6.15. The van der Waals surface area contributed by atoms with Crippen molar-refractivity contribution in [2.45, 2.75) is 6.92 Å². The SMILES string of the molecule is CNc1cncc(Nc2c(C)cccc2Cl)c1. The van der Waals surface area contributed by atoms with E-state index in [1.807, 2.05) is 38.2 Å². The molecular weight excluding hydrogens is 234 g/mol. The summed E-state index contributed by atoms with van der Waals surface area (Å²) < 4.78 is 0. The van der Waals surface area contributed by atoms with Crippen LogP contribution in [0, 0.1) is 6.92 Å². The molecule has 0 aliphatic rings. The molecule has 17 heavy (non-hydrogen) atoms. The second-order valence-electron chi connectivity index (χ2n) is 3.77. The summed E-state index contributed by atoms with van der Waals surface area (Å²) in [6, 6.07) is 7.80. The number of anilines is 3. The fourth-order valence-electron chi connectivity index (χ4n) is 1.58. The van der Waals surface area contributed by atoms with Gasteiger partial charge < -0.3 is 10.6 Å². The van der Waals surface area contributed by atoms with Gasteiger partial charge in [-0.3, -0.25) is 4.98 Å². The first kappa shape index (κ1) is 11.7. The van der Waals surface area contributed by atoms with Crippen LogP contribution in [0.2, 0.25) is 5.02 Å². The minimum Gasteiger partial charge on any atom is -0.387 e. The first-order valence-corrected chi connectivity index (χ1v) is 5.73. The van der Waals surface area contributed by atoms with Gasteiger partial charge in [-0.15, -0.1) is 0 Å².